The molecule has 1 aromatic rings. The molecule has 0 saturated carbocycles. The molecule has 0 heterocycles. The molecule has 19 heavy (non-hydrogen) atoms. The Bertz CT molecular complexity index is 386. The van der Waals surface area contributed by atoms with E-state index in [1.807, 2.05) is 19.0 Å². The number of carbonyl (C=O) groups excluding carboxylic acids is 1. The van der Waals surface area contributed by atoms with E-state index in [1.54, 1.807) is 0 Å². The van der Waals surface area contributed by atoms with E-state index >= 15 is 0 Å². The standard InChI is InChI=1S/C16H26N2O/c1-5-13-7-9-14(10-8-13)12-18(4)16(19)15(6-2)11-17-3/h7-10,15,17H,5-6,11-12H2,1-4H3. The number of nitrogens with one attached hydrogen (secondary N) is 1. The fraction of sp³-hybridized carbons (Fsp3) is 0.562. The zero-order chi connectivity index (χ0) is 14.3. The molecule has 0 aliphatic rings. The van der Waals surface area contributed by atoms with Gasteiger partial charge in [0.25, 0.3) is 0 Å². The number of aryl methyl sites for hydroxylation is 1. The van der Waals surface area contributed by atoms with E-state index in [4.69, 9.17) is 0 Å². The van der Waals surface area contributed by atoms with Crippen LogP contribution in [0.15, 0.2) is 24.3 Å². The normalized spacial score (nSPS) is 12.2. The van der Waals surface area contributed by atoms with E-state index in [-0.39, 0.29) is 11.8 Å². The largest absolute Gasteiger partial charge is 0.341 e. The lowest BCUT2D eigenvalue weighted by Gasteiger charge is -2.23. The molecule has 0 saturated heterocycles. The summed E-state index contributed by atoms with van der Waals surface area (Å²) >= 11 is 0. The van der Waals surface area contributed by atoms with Crippen molar-refractivity contribution >= 4 is 5.91 Å². The van der Waals surface area contributed by atoms with Crippen molar-refractivity contribution in [1.82, 2.24) is 10.2 Å². The van der Waals surface area contributed by atoms with Crippen molar-refractivity contribution in [3.8, 4) is 0 Å². The Balaban J connectivity index is 2.61. The topological polar surface area (TPSA) is 32.3 Å². The Morgan fingerprint density at radius 3 is 2.26 bits per heavy atom. The summed E-state index contributed by atoms with van der Waals surface area (Å²) in [6, 6.07) is 8.50. The quantitative estimate of drug-likeness (QED) is 0.818. The average molecular weight is 262 g/mol. The Kier molecular flexibility index (Phi) is 6.57. The lowest BCUT2D eigenvalue weighted by atomic mass is 10.0. The number of amides is 1. The van der Waals surface area contributed by atoms with Crippen LogP contribution in [0.3, 0.4) is 0 Å². The van der Waals surface area contributed by atoms with E-state index in [0.29, 0.717) is 6.54 Å². The molecule has 3 heteroatoms. The van der Waals surface area contributed by atoms with Crippen LogP contribution in [0.25, 0.3) is 0 Å². The summed E-state index contributed by atoms with van der Waals surface area (Å²) in [5.74, 6) is 0.293. The van der Waals surface area contributed by atoms with Gasteiger partial charge in [0.2, 0.25) is 5.91 Å². The first-order valence-electron chi connectivity index (χ1n) is 7.09. The van der Waals surface area contributed by atoms with Gasteiger partial charge in [0, 0.05) is 20.1 Å². The van der Waals surface area contributed by atoms with E-state index in [9.17, 15) is 4.79 Å². The summed E-state index contributed by atoms with van der Waals surface area (Å²) < 4.78 is 0. The number of benzene rings is 1. The molecular weight excluding hydrogens is 236 g/mol. The molecule has 0 radical (unpaired) electrons. The van der Waals surface area contributed by atoms with Gasteiger partial charge < -0.3 is 10.2 Å². The molecule has 1 N–H and O–H groups in total. The molecule has 0 spiro atoms. The molecular formula is C16H26N2O. The summed E-state index contributed by atoms with van der Waals surface area (Å²) in [6.07, 6.45) is 1.92. The van der Waals surface area contributed by atoms with E-state index in [0.717, 1.165) is 19.4 Å². The van der Waals surface area contributed by atoms with Gasteiger partial charge in [-0.15, -0.1) is 0 Å². The van der Waals surface area contributed by atoms with E-state index in [2.05, 4.69) is 43.4 Å². The maximum absolute atomic E-state index is 12.3. The Hall–Kier alpha value is -1.35. The average Bonchev–Trinajstić information content (AvgIpc) is 2.44. The van der Waals surface area contributed by atoms with Crippen molar-refractivity contribution in [3.63, 3.8) is 0 Å². The smallest absolute Gasteiger partial charge is 0.226 e. The van der Waals surface area contributed by atoms with Gasteiger partial charge in [0.15, 0.2) is 0 Å². The van der Waals surface area contributed by atoms with Gasteiger partial charge in [-0.05, 0) is 31.0 Å². The highest BCUT2D eigenvalue weighted by molar-refractivity contribution is 5.78. The van der Waals surface area contributed by atoms with Crippen LogP contribution in [0.1, 0.15) is 31.4 Å². The molecule has 1 rings (SSSR count). The van der Waals surface area contributed by atoms with Crippen molar-refractivity contribution in [2.45, 2.75) is 33.2 Å². The SMILES string of the molecule is CCc1ccc(CN(C)C(=O)C(CC)CNC)cc1. The van der Waals surface area contributed by atoms with Crippen LogP contribution >= 0.6 is 0 Å². The number of hydrogen-bond acceptors (Lipinski definition) is 2. The van der Waals surface area contributed by atoms with E-state index < -0.39 is 0 Å². The minimum absolute atomic E-state index is 0.0740. The van der Waals surface area contributed by atoms with Crippen LogP contribution in [0, 0.1) is 5.92 Å². The zero-order valence-electron chi connectivity index (χ0n) is 12.6. The molecule has 1 unspecified atom stereocenters. The summed E-state index contributed by atoms with van der Waals surface area (Å²) in [5.41, 5.74) is 2.52. The second kappa shape index (κ2) is 7.95. The Labute approximate surface area is 117 Å². The van der Waals surface area contributed by atoms with Gasteiger partial charge in [0.1, 0.15) is 0 Å². The number of hydrogen-bond donors (Lipinski definition) is 1. The molecule has 1 atom stereocenters. The monoisotopic (exact) mass is 262 g/mol. The van der Waals surface area contributed by atoms with Crippen LogP contribution < -0.4 is 5.32 Å². The fourth-order valence-corrected chi connectivity index (χ4v) is 2.20. The molecule has 0 fully saturated rings. The predicted octanol–water partition coefficient (Wildman–Crippen LogP) is 2.45. The van der Waals surface area contributed by atoms with Crippen LogP contribution in [0.2, 0.25) is 0 Å². The number of carbonyl (C=O) groups is 1. The summed E-state index contributed by atoms with van der Waals surface area (Å²) in [5, 5.41) is 3.09. The Morgan fingerprint density at radius 1 is 1.21 bits per heavy atom. The third-order valence-electron chi connectivity index (χ3n) is 3.52. The first kappa shape index (κ1) is 15.7. The van der Waals surface area contributed by atoms with Crippen molar-refractivity contribution in [2.75, 3.05) is 20.6 Å². The molecule has 0 aliphatic carbocycles. The van der Waals surface area contributed by atoms with Crippen molar-refractivity contribution in [2.24, 2.45) is 5.92 Å². The third kappa shape index (κ3) is 4.67. The predicted molar refractivity (Wildman–Crippen MR) is 80.0 cm³/mol. The third-order valence-corrected chi connectivity index (χ3v) is 3.52. The summed E-state index contributed by atoms with van der Waals surface area (Å²) in [6.45, 7) is 5.63. The van der Waals surface area contributed by atoms with Crippen LogP contribution in [0.4, 0.5) is 0 Å². The van der Waals surface area contributed by atoms with Crippen molar-refractivity contribution in [1.29, 1.82) is 0 Å². The maximum atomic E-state index is 12.3. The summed E-state index contributed by atoms with van der Waals surface area (Å²) in [7, 11) is 3.77. The minimum atomic E-state index is 0.0740. The van der Waals surface area contributed by atoms with Crippen LogP contribution in [-0.4, -0.2) is 31.4 Å². The lowest BCUT2D eigenvalue weighted by molar-refractivity contribution is -0.134. The number of rotatable bonds is 7. The highest BCUT2D eigenvalue weighted by Gasteiger charge is 2.19. The molecule has 0 aromatic heterocycles. The molecule has 1 aromatic carbocycles. The Morgan fingerprint density at radius 2 is 1.79 bits per heavy atom. The number of nitrogens with zero attached hydrogens (tertiary/aromatic N) is 1. The van der Waals surface area contributed by atoms with Gasteiger partial charge in [-0.2, -0.15) is 0 Å². The van der Waals surface area contributed by atoms with Crippen LogP contribution in [-0.2, 0) is 17.8 Å². The lowest BCUT2D eigenvalue weighted by Crippen LogP contribution is -2.36. The first-order valence-corrected chi connectivity index (χ1v) is 7.09. The van der Waals surface area contributed by atoms with Gasteiger partial charge in [-0.1, -0.05) is 38.1 Å². The van der Waals surface area contributed by atoms with Crippen molar-refractivity contribution in [3.05, 3.63) is 35.4 Å². The maximum Gasteiger partial charge on any atom is 0.226 e. The zero-order valence-corrected chi connectivity index (χ0v) is 12.6. The fourth-order valence-electron chi connectivity index (χ4n) is 2.20. The van der Waals surface area contributed by atoms with Gasteiger partial charge in [-0.3, -0.25) is 4.79 Å². The molecule has 1 amide bonds. The summed E-state index contributed by atoms with van der Waals surface area (Å²) in [4.78, 5) is 14.1. The van der Waals surface area contributed by atoms with Gasteiger partial charge in [0.05, 0.1) is 5.92 Å². The molecule has 0 aliphatic heterocycles. The molecule has 106 valence electrons. The molecule has 0 bridgehead atoms. The first-order chi connectivity index (χ1) is 9.12. The second-order valence-electron chi connectivity index (χ2n) is 5.03. The van der Waals surface area contributed by atoms with E-state index in [1.165, 1.54) is 11.1 Å². The highest BCUT2D eigenvalue weighted by Crippen LogP contribution is 2.11. The van der Waals surface area contributed by atoms with Crippen LogP contribution in [0.5, 0.6) is 0 Å². The minimum Gasteiger partial charge on any atom is -0.341 e. The van der Waals surface area contributed by atoms with Crippen molar-refractivity contribution < 1.29 is 4.79 Å². The molecule has 3 nitrogen and oxygen atoms in total. The van der Waals surface area contributed by atoms with Gasteiger partial charge in [-0.25, -0.2) is 0 Å². The second-order valence-corrected chi connectivity index (χ2v) is 5.03. The van der Waals surface area contributed by atoms with Gasteiger partial charge >= 0.3 is 0 Å². The highest BCUT2D eigenvalue weighted by atomic mass is 16.2.